The summed E-state index contributed by atoms with van der Waals surface area (Å²) in [4.78, 5) is 0. The van der Waals surface area contributed by atoms with Gasteiger partial charge in [0, 0.05) is 6.04 Å². The fourth-order valence-corrected chi connectivity index (χ4v) is 2.11. The third-order valence-corrected chi connectivity index (χ3v) is 3.34. The van der Waals surface area contributed by atoms with Crippen molar-refractivity contribution in [2.24, 2.45) is 0 Å². The van der Waals surface area contributed by atoms with E-state index >= 15 is 0 Å². The van der Waals surface area contributed by atoms with Crippen LogP contribution in [0.5, 0.6) is 5.75 Å². The number of aromatic nitrogens is 2. The van der Waals surface area contributed by atoms with Gasteiger partial charge in [0.15, 0.2) is 5.82 Å². The zero-order valence-electron chi connectivity index (χ0n) is 11.8. The van der Waals surface area contributed by atoms with Crippen molar-refractivity contribution in [3.8, 4) is 17.5 Å². The van der Waals surface area contributed by atoms with Crippen molar-refractivity contribution >= 4 is 11.6 Å². The molecule has 0 radical (unpaired) electrons. The summed E-state index contributed by atoms with van der Waals surface area (Å²) in [5.74, 6) is 1.71. The first-order valence-electron chi connectivity index (χ1n) is 7.01. The van der Waals surface area contributed by atoms with E-state index < -0.39 is 0 Å². The van der Waals surface area contributed by atoms with Gasteiger partial charge in [0.1, 0.15) is 23.2 Å². The van der Waals surface area contributed by atoms with Gasteiger partial charge in [-0.05, 0) is 44.0 Å². The molecule has 108 valence electrons. The van der Waals surface area contributed by atoms with Crippen molar-refractivity contribution < 1.29 is 4.74 Å². The number of nitriles is 1. The summed E-state index contributed by atoms with van der Waals surface area (Å²) in [6.45, 7) is 2.56. The minimum Gasteiger partial charge on any atom is -0.494 e. The molecule has 21 heavy (non-hydrogen) atoms. The van der Waals surface area contributed by atoms with Crippen LogP contribution in [0.4, 0.5) is 11.6 Å². The molecule has 6 heteroatoms. The van der Waals surface area contributed by atoms with Crippen molar-refractivity contribution in [1.29, 1.82) is 5.26 Å². The molecule has 1 heterocycles. The minimum atomic E-state index is 0.352. The van der Waals surface area contributed by atoms with Crippen molar-refractivity contribution in [3.63, 3.8) is 0 Å². The Morgan fingerprint density at radius 3 is 2.71 bits per heavy atom. The first kappa shape index (κ1) is 13.3. The molecule has 0 amide bonds. The maximum atomic E-state index is 9.26. The molecule has 1 aliphatic rings. The van der Waals surface area contributed by atoms with E-state index in [4.69, 9.17) is 10.5 Å². The standard InChI is InChI=1S/C15H17N5O/c1-2-21-12-7-5-11(6-8-12)20-14(17)13(9-16)15(19-20)18-10-3-4-10/h5-8,10H,2-4,17H2,1H3,(H,18,19). The number of hydrogen-bond donors (Lipinski definition) is 2. The molecule has 1 fully saturated rings. The quantitative estimate of drug-likeness (QED) is 0.879. The Kier molecular flexibility index (Phi) is 3.40. The lowest BCUT2D eigenvalue weighted by Crippen LogP contribution is -2.04. The number of rotatable bonds is 5. The van der Waals surface area contributed by atoms with Crippen LogP contribution in [0.15, 0.2) is 24.3 Å². The van der Waals surface area contributed by atoms with Crippen LogP contribution >= 0.6 is 0 Å². The van der Waals surface area contributed by atoms with Crippen LogP contribution in [0, 0.1) is 11.3 Å². The summed E-state index contributed by atoms with van der Waals surface area (Å²) < 4.78 is 6.99. The number of nitrogens with zero attached hydrogens (tertiary/aromatic N) is 3. The molecule has 0 atom stereocenters. The third-order valence-electron chi connectivity index (χ3n) is 3.34. The zero-order chi connectivity index (χ0) is 14.8. The molecule has 0 aliphatic heterocycles. The second-order valence-corrected chi connectivity index (χ2v) is 4.98. The Morgan fingerprint density at radius 1 is 1.43 bits per heavy atom. The second kappa shape index (κ2) is 5.37. The van der Waals surface area contributed by atoms with Gasteiger partial charge in [0.2, 0.25) is 0 Å². The highest BCUT2D eigenvalue weighted by Crippen LogP contribution is 2.30. The molecular weight excluding hydrogens is 266 g/mol. The van der Waals surface area contributed by atoms with E-state index in [2.05, 4.69) is 16.5 Å². The molecule has 0 bridgehead atoms. The molecule has 0 spiro atoms. The van der Waals surface area contributed by atoms with E-state index in [0.717, 1.165) is 24.3 Å². The van der Waals surface area contributed by atoms with Crippen LogP contribution in [-0.4, -0.2) is 22.4 Å². The van der Waals surface area contributed by atoms with Crippen molar-refractivity contribution in [2.45, 2.75) is 25.8 Å². The van der Waals surface area contributed by atoms with E-state index in [0.29, 0.717) is 29.8 Å². The predicted molar refractivity (Wildman–Crippen MR) is 80.5 cm³/mol. The van der Waals surface area contributed by atoms with Crippen molar-refractivity contribution in [3.05, 3.63) is 29.8 Å². The molecule has 0 saturated heterocycles. The van der Waals surface area contributed by atoms with E-state index in [1.54, 1.807) is 4.68 Å². The Labute approximate surface area is 123 Å². The molecule has 1 saturated carbocycles. The van der Waals surface area contributed by atoms with Gasteiger partial charge in [-0.2, -0.15) is 5.26 Å². The largest absolute Gasteiger partial charge is 0.494 e. The maximum Gasteiger partial charge on any atom is 0.168 e. The second-order valence-electron chi connectivity index (χ2n) is 4.98. The van der Waals surface area contributed by atoms with Crippen LogP contribution in [-0.2, 0) is 0 Å². The van der Waals surface area contributed by atoms with E-state index in [1.807, 2.05) is 31.2 Å². The molecule has 3 rings (SSSR count). The number of hydrogen-bond acceptors (Lipinski definition) is 5. The van der Waals surface area contributed by atoms with Crippen LogP contribution in [0.1, 0.15) is 25.3 Å². The summed E-state index contributed by atoms with van der Waals surface area (Å²) in [5, 5.41) is 16.9. The highest BCUT2D eigenvalue weighted by atomic mass is 16.5. The van der Waals surface area contributed by atoms with Gasteiger partial charge in [0.25, 0.3) is 0 Å². The SMILES string of the molecule is CCOc1ccc(-n2nc(NC3CC3)c(C#N)c2N)cc1. The lowest BCUT2D eigenvalue weighted by Gasteiger charge is -2.06. The molecule has 3 N–H and O–H groups in total. The fraction of sp³-hybridized carbons (Fsp3) is 0.333. The van der Waals surface area contributed by atoms with Gasteiger partial charge in [0.05, 0.1) is 12.3 Å². The lowest BCUT2D eigenvalue weighted by molar-refractivity contribution is 0.340. The summed E-state index contributed by atoms with van der Waals surface area (Å²) in [7, 11) is 0. The number of anilines is 2. The fourth-order valence-electron chi connectivity index (χ4n) is 2.11. The topological polar surface area (TPSA) is 88.9 Å². The maximum absolute atomic E-state index is 9.26. The van der Waals surface area contributed by atoms with E-state index in [9.17, 15) is 5.26 Å². The molecule has 1 aliphatic carbocycles. The van der Waals surface area contributed by atoms with Gasteiger partial charge in [-0.25, -0.2) is 4.68 Å². The normalized spacial score (nSPS) is 13.7. The van der Waals surface area contributed by atoms with Crippen LogP contribution in [0.3, 0.4) is 0 Å². The minimum absolute atomic E-state index is 0.352. The summed E-state index contributed by atoms with van der Waals surface area (Å²) in [5.41, 5.74) is 7.25. The smallest absolute Gasteiger partial charge is 0.168 e. The van der Waals surface area contributed by atoms with Crippen molar-refractivity contribution in [1.82, 2.24) is 9.78 Å². The Balaban J connectivity index is 1.93. The number of nitrogen functional groups attached to an aromatic ring is 1. The van der Waals surface area contributed by atoms with E-state index in [-0.39, 0.29) is 0 Å². The van der Waals surface area contributed by atoms with Crippen LogP contribution in [0.2, 0.25) is 0 Å². The van der Waals surface area contributed by atoms with Gasteiger partial charge in [-0.1, -0.05) is 0 Å². The summed E-state index contributed by atoms with van der Waals surface area (Å²) in [6.07, 6.45) is 2.22. The van der Waals surface area contributed by atoms with Crippen molar-refractivity contribution in [2.75, 3.05) is 17.7 Å². The predicted octanol–water partition coefficient (Wildman–Crippen LogP) is 2.30. The third kappa shape index (κ3) is 2.63. The zero-order valence-corrected chi connectivity index (χ0v) is 11.8. The molecule has 0 unspecified atom stereocenters. The molecular formula is C15H17N5O. The van der Waals surface area contributed by atoms with Crippen LogP contribution in [0.25, 0.3) is 5.69 Å². The summed E-state index contributed by atoms with van der Waals surface area (Å²) >= 11 is 0. The monoisotopic (exact) mass is 283 g/mol. The van der Waals surface area contributed by atoms with Gasteiger partial charge in [-0.3, -0.25) is 0 Å². The number of benzene rings is 1. The van der Waals surface area contributed by atoms with Gasteiger partial charge in [-0.15, -0.1) is 5.10 Å². The highest BCUT2D eigenvalue weighted by molar-refractivity contribution is 5.66. The van der Waals surface area contributed by atoms with Gasteiger partial charge < -0.3 is 15.8 Å². The summed E-state index contributed by atoms with van der Waals surface area (Å²) in [6, 6.07) is 10.0. The Hall–Kier alpha value is -2.68. The number of ether oxygens (including phenoxy) is 1. The molecule has 2 aromatic rings. The molecule has 1 aromatic heterocycles. The lowest BCUT2D eigenvalue weighted by atomic mass is 10.3. The Bertz CT molecular complexity index is 679. The molecule has 1 aromatic carbocycles. The first-order valence-corrected chi connectivity index (χ1v) is 7.01. The number of nitrogens with two attached hydrogens (primary N) is 1. The average molecular weight is 283 g/mol. The van der Waals surface area contributed by atoms with Crippen LogP contribution < -0.4 is 15.8 Å². The highest BCUT2D eigenvalue weighted by Gasteiger charge is 2.25. The van der Waals surface area contributed by atoms with Gasteiger partial charge >= 0.3 is 0 Å². The first-order chi connectivity index (χ1) is 10.2. The Morgan fingerprint density at radius 2 is 2.14 bits per heavy atom. The molecule has 6 nitrogen and oxygen atoms in total. The average Bonchev–Trinajstić information content (AvgIpc) is 3.24. The number of nitrogens with one attached hydrogen (secondary N) is 1. The van der Waals surface area contributed by atoms with E-state index in [1.165, 1.54) is 0 Å².